The lowest BCUT2D eigenvalue weighted by Crippen LogP contribution is -2.41. The fraction of sp³-hybridized carbons (Fsp3) is 0.130. The number of aromatic amines is 1. The van der Waals surface area contributed by atoms with Crippen molar-refractivity contribution < 1.29 is 14.0 Å². The number of para-hydroxylation sites is 1. The number of pyridine rings is 1. The molecule has 4 heterocycles. The Morgan fingerprint density at radius 3 is 2.56 bits per heavy atom. The maximum absolute atomic E-state index is 13.1. The van der Waals surface area contributed by atoms with Crippen LogP contribution in [0.5, 0.6) is 0 Å². The molecule has 0 aliphatic heterocycles. The molecule has 0 spiro atoms. The summed E-state index contributed by atoms with van der Waals surface area (Å²) in [7, 11) is 0. The second kappa shape index (κ2) is 7.69. The highest BCUT2D eigenvalue weighted by molar-refractivity contribution is 6.10. The Labute approximate surface area is 182 Å². The molecule has 0 aliphatic rings. The number of nitrogens with zero attached hydrogens (tertiary/aromatic N) is 3. The van der Waals surface area contributed by atoms with Crippen molar-refractivity contribution in [3.05, 3.63) is 72.2 Å². The van der Waals surface area contributed by atoms with Crippen molar-refractivity contribution in [3.8, 4) is 11.5 Å². The minimum absolute atomic E-state index is 0.0457. The van der Waals surface area contributed by atoms with E-state index in [0.717, 1.165) is 10.9 Å². The summed E-state index contributed by atoms with van der Waals surface area (Å²) in [6, 6.07) is 12.6. The molecule has 9 nitrogen and oxygen atoms in total. The van der Waals surface area contributed by atoms with Crippen LogP contribution < -0.4 is 10.9 Å². The lowest BCUT2D eigenvalue weighted by molar-refractivity contribution is 0.0848. The second-order valence-corrected chi connectivity index (χ2v) is 7.61. The maximum atomic E-state index is 13.1. The van der Waals surface area contributed by atoms with E-state index in [1.165, 1.54) is 0 Å². The Balaban J connectivity index is 1.47. The highest BCUT2D eigenvalue weighted by Gasteiger charge is 2.20. The summed E-state index contributed by atoms with van der Waals surface area (Å²) < 4.78 is 7.21. The third-order valence-electron chi connectivity index (χ3n) is 5.20. The highest BCUT2D eigenvalue weighted by atomic mass is 16.3. The number of rotatable bonds is 4. The minimum atomic E-state index is -0.485. The normalized spacial score (nSPS) is 11.3. The number of carbonyl (C=O) groups is 2. The highest BCUT2D eigenvalue weighted by Crippen LogP contribution is 2.26. The van der Waals surface area contributed by atoms with Gasteiger partial charge in [-0.3, -0.25) is 20.4 Å². The molecule has 160 valence electrons. The summed E-state index contributed by atoms with van der Waals surface area (Å²) in [5.74, 6) is -0.382. The Kier molecular flexibility index (Phi) is 4.70. The van der Waals surface area contributed by atoms with E-state index in [1.54, 1.807) is 41.5 Å². The minimum Gasteiger partial charge on any atom is -0.463 e. The number of hydrogen-bond donors (Lipinski definition) is 3. The molecule has 0 radical (unpaired) electrons. The number of benzene rings is 1. The van der Waals surface area contributed by atoms with E-state index in [9.17, 15) is 9.59 Å². The second-order valence-electron chi connectivity index (χ2n) is 7.61. The Morgan fingerprint density at radius 2 is 1.81 bits per heavy atom. The van der Waals surface area contributed by atoms with Crippen molar-refractivity contribution >= 4 is 33.8 Å². The Bertz CT molecular complexity index is 1450. The SMILES string of the molecule is CC(C)n1ncc2c(C(=O)NNC(=O)c3c[nH]c4ccccc34)cc(-c3ccco3)nc21. The summed E-state index contributed by atoms with van der Waals surface area (Å²) in [6.45, 7) is 3.96. The van der Waals surface area contributed by atoms with Crippen LogP contribution in [0.4, 0.5) is 0 Å². The molecular weight excluding hydrogens is 408 g/mol. The van der Waals surface area contributed by atoms with Crippen molar-refractivity contribution in [1.29, 1.82) is 0 Å². The van der Waals surface area contributed by atoms with Crippen LogP contribution in [0.3, 0.4) is 0 Å². The van der Waals surface area contributed by atoms with E-state index in [-0.39, 0.29) is 6.04 Å². The lowest BCUT2D eigenvalue weighted by Gasteiger charge is -2.11. The molecule has 3 N–H and O–H groups in total. The average Bonchev–Trinajstić information content (AvgIpc) is 3.55. The van der Waals surface area contributed by atoms with Gasteiger partial charge in [-0.2, -0.15) is 5.10 Å². The predicted octanol–water partition coefficient (Wildman–Crippen LogP) is 3.83. The molecule has 1 aromatic carbocycles. The van der Waals surface area contributed by atoms with Crippen LogP contribution in [0.2, 0.25) is 0 Å². The predicted molar refractivity (Wildman–Crippen MR) is 119 cm³/mol. The zero-order chi connectivity index (χ0) is 22.2. The van der Waals surface area contributed by atoms with E-state index in [0.29, 0.717) is 33.6 Å². The zero-order valence-corrected chi connectivity index (χ0v) is 17.4. The van der Waals surface area contributed by atoms with Gasteiger partial charge in [0.2, 0.25) is 0 Å². The van der Waals surface area contributed by atoms with Gasteiger partial charge in [0.1, 0.15) is 5.69 Å². The quantitative estimate of drug-likeness (QED) is 0.376. The van der Waals surface area contributed by atoms with E-state index in [2.05, 4.69) is 25.9 Å². The zero-order valence-electron chi connectivity index (χ0n) is 17.4. The Hall–Kier alpha value is -4.40. The van der Waals surface area contributed by atoms with Crippen molar-refractivity contribution in [2.75, 3.05) is 0 Å². The number of carbonyl (C=O) groups excluding carboxylic acids is 2. The first-order valence-electron chi connectivity index (χ1n) is 10.1. The third kappa shape index (κ3) is 3.29. The molecule has 0 aliphatic carbocycles. The molecular formula is C23H20N6O3. The molecule has 5 rings (SSSR count). The Morgan fingerprint density at radius 1 is 1.03 bits per heavy atom. The lowest BCUT2D eigenvalue weighted by atomic mass is 10.1. The summed E-state index contributed by atoms with van der Waals surface area (Å²) in [6.07, 6.45) is 4.76. The van der Waals surface area contributed by atoms with Gasteiger partial charge in [0.15, 0.2) is 11.4 Å². The van der Waals surface area contributed by atoms with Gasteiger partial charge in [-0.05, 0) is 38.1 Å². The van der Waals surface area contributed by atoms with Crippen LogP contribution in [0, 0.1) is 0 Å². The summed E-state index contributed by atoms with van der Waals surface area (Å²) in [4.78, 5) is 33.4. The monoisotopic (exact) mass is 428 g/mol. The van der Waals surface area contributed by atoms with Crippen LogP contribution >= 0.6 is 0 Å². The first-order valence-corrected chi connectivity index (χ1v) is 10.1. The molecule has 32 heavy (non-hydrogen) atoms. The summed E-state index contributed by atoms with van der Waals surface area (Å²) >= 11 is 0. The van der Waals surface area contributed by atoms with Gasteiger partial charge >= 0.3 is 0 Å². The van der Waals surface area contributed by atoms with Crippen molar-refractivity contribution in [3.63, 3.8) is 0 Å². The number of fused-ring (bicyclic) bond motifs is 2. The summed E-state index contributed by atoms with van der Waals surface area (Å²) in [5, 5.41) is 5.73. The van der Waals surface area contributed by atoms with Crippen molar-refractivity contribution in [2.45, 2.75) is 19.9 Å². The third-order valence-corrected chi connectivity index (χ3v) is 5.20. The van der Waals surface area contributed by atoms with Crippen LogP contribution in [0.15, 0.2) is 65.5 Å². The number of furan rings is 1. The smallest absolute Gasteiger partial charge is 0.271 e. The topological polar surface area (TPSA) is 118 Å². The van der Waals surface area contributed by atoms with Crippen molar-refractivity contribution in [2.24, 2.45) is 0 Å². The number of aromatic nitrogens is 4. The maximum Gasteiger partial charge on any atom is 0.271 e. The molecule has 4 aromatic heterocycles. The van der Waals surface area contributed by atoms with Crippen molar-refractivity contribution in [1.82, 2.24) is 30.6 Å². The van der Waals surface area contributed by atoms with Crippen LogP contribution in [0.1, 0.15) is 40.6 Å². The fourth-order valence-corrected chi connectivity index (χ4v) is 3.64. The van der Waals surface area contributed by atoms with Gasteiger partial charge in [-0.25, -0.2) is 9.67 Å². The number of hydrazine groups is 1. The van der Waals surface area contributed by atoms with Gasteiger partial charge < -0.3 is 9.40 Å². The van der Waals surface area contributed by atoms with Crippen LogP contribution in [0.25, 0.3) is 33.4 Å². The van der Waals surface area contributed by atoms with Gasteiger partial charge in [0, 0.05) is 23.1 Å². The van der Waals surface area contributed by atoms with E-state index in [1.807, 2.05) is 38.1 Å². The fourth-order valence-electron chi connectivity index (χ4n) is 3.64. The summed E-state index contributed by atoms with van der Waals surface area (Å²) in [5.41, 5.74) is 7.66. The molecule has 9 heteroatoms. The molecule has 5 aromatic rings. The average molecular weight is 428 g/mol. The van der Waals surface area contributed by atoms with E-state index >= 15 is 0 Å². The van der Waals surface area contributed by atoms with Crippen LogP contribution in [-0.2, 0) is 0 Å². The number of nitrogens with one attached hydrogen (secondary N) is 3. The van der Waals surface area contributed by atoms with E-state index < -0.39 is 11.8 Å². The number of amides is 2. The molecule has 0 bridgehead atoms. The number of hydrogen-bond acceptors (Lipinski definition) is 5. The molecule has 0 unspecified atom stereocenters. The molecule has 0 saturated carbocycles. The van der Waals surface area contributed by atoms with Gasteiger partial charge in [-0.1, -0.05) is 18.2 Å². The first kappa shape index (κ1) is 19.6. The molecule has 0 atom stereocenters. The van der Waals surface area contributed by atoms with Gasteiger partial charge in [0.05, 0.1) is 29.0 Å². The molecule has 0 saturated heterocycles. The standard InChI is InChI=1S/C23H20N6O3/c1-13(2)29-21-16(12-25-29)15(10-19(26-21)20-8-5-9-32-20)22(30)27-28-23(31)17-11-24-18-7-4-3-6-14(17)18/h3-13,24H,1-2H3,(H,27,30)(H,28,31). The van der Waals surface area contributed by atoms with Crippen LogP contribution in [-0.4, -0.2) is 31.6 Å². The molecule has 2 amide bonds. The molecule has 0 fully saturated rings. The number of H-pyrrole nitrogens is 1. The first-order chi connectivity index (χ1) is 15.5. The van der Waals surface area contributed by atoms with E-state index in [4.69, 9.17) is 4.42 Å². The largest absolute Gasteiger partial charge is 0.463 e. The van der Waals surface area contributed by atoms with Gasteiger partial charge in [-0.15, -0.1) is 0 Å². The van der Waals surface area contributed by atoms with Gasteiger partial charge in [0.25, 0.3) is 11.8 Å².